The zero-order valence-corrected chi connectivity index (χ0v) is 12.5. The van der Waals surface area contributed by atoms with E-state index >= 15 is 0 Å². The van der Waals surface area contributed by atoms with Crippen molar-refractivity contribution >= 4 is 23.4 Å². The van der Waals surface area contributed by atoms with Crippen LogP contribution in [0.15, 0.2) is 36.5 Å². The smallest absolute Gasteiger partial charge is 0.338 e. The van der Waals surface area contributed by atoms with Crippen LogP contribution in [0.4, 0.5) is 35.3 Å². The van der Waals surface area contributed by atoms with Crippen molar-refractivity contribution in [1.29, 1.82) is 0 Å². The van der Waals surface area contributed by atoms with E-state index in [0.717, 1.165) is 18.7 Å². The summed E-state index contributed by atoms with van der Waals surface area (Å²) in [6, 6.07) is 7.38. The fourth-order valence-electron chi connectivity index (χ4n) is 2.33. The van der Waals surface area contributed by atoms with Crippen molar-refractivity contribution in [3.05, 3.63) is 42.2 Å². The summed E-state index contributed by atoms with van der Waals surface area (Å²) < 4.78 is 38.1. The number of carbonyl (C=O) groups is 1. The van der Waals surface area contributed by atoms with Gasteiger partial charge in [0.2, 0.25) is 5.95 Å². The predicted molar refractivity (Wildman–Crippen MR) is 82.1 cm³/mol. The number of nitrogens with zero attached hydrogens (tertiary/aromatic N) is 3. The molecule has 0 radical (unpaired) electrons. The van der Waals surface area contributed by atoms with Crippen molar-refractivity contribution < 1.29 is 18.0 Å². The number of aromatic nitrogens is 2. The summed E-state index contributed by atoms with van der Waals surface area (Å²) >= 11 is 0. The zero-order chi connectivity index (χ0) is 17.2. The van der Waals surface area contributed by atoms with E-state index < -0.39 is 11.9 Å². The number of hydrogen-bond acceptors (Lipinski definition) is 4. The molecule has 1 aliphatic rings. The first-order valence-corrected chi connectivity index (χ1v) is 7.26. The Morgan fingerprint density at radius 3 is 2.83 bits per heavy atom. The Kier molecular flexibility index (Phi) is 4.24. The number of alkyl halides is 3. The van der Waals surface area contributed by atoms with Crippen molar-refractivity contribution in [3.8, 4) is 0 Å². The minimum absolute atomic E-state index is 0.162. The van der Waals surface area contributed by atoms with Crippen LogP contribution < -0.4 is 15.5 Å². The summed E-state index contributed by atoms with van der Waals surface area (Å²) in [4.78, 5) is 20.7. The number of carbonyl (C=O) groups excluding carboxylic acids is 1. The van der Waals surface area contributed by atoms with Crippen molar-refractivity contribution in [1.82, 2.24) is 15.3 Å². The maximum absolute atomic E-state index is 12.7. The Morgan fingerprint density at radius 2 is 2.08 bits per heavy atom. The third-order valence-corrected chi connectivity index (χ3v) is 3.44. The highest BCUT2D eigenvalue weighted by Gasteiger charge is 2.32. The van der Waals surface area contributed by atoms with Crippen LogP contribution in [0, 0.1) is 0 Å². The molecule has 0 bridgehead atoms. The van der Waals surface area contributed by atoms with Crippen LogP contribution >= 0.6 is 0 Å². The molecule has 9 heteroatoms. The minimum Gasteiger partial charge on any atom is -0.338 e. The lowest BCUT2D eigenvalue weighted by molar-refractivity contribution is -0.141. The molecule has 24 heavy (non-hydrogen) atoms. The third-order valence-electron chi connectivity index (χ3n) is 3.44. The van der Waals surface area contributed by atoms with E-state index in [1.54, 1.807) is 29.2 Å². The summed E-state index contributed by atoms with van der Waals surface area (Å²) in [5.74, 6) is -0.162. The molecule has 6 nitrogen and oxygen atoms in total. The van der Waals surface area contributed by atoms with Crippen LogP contribution in [0.3, 0.4) is 0 Å². The van der Waals surface area contributed by atoms with E-state index in [1.165, 1.54) is 0 Å². The molecule has 2 aromatic rings. The summed E-state index contributed by atoms with van der Waals surface area (Å²) in [6.07, 6.45) is -2.67. The second-order valence-electron chi connectivity index (χ2n) is 5.18. The molecule has 1 aromatic carbocycles. The van der Waals surface area contributed by atoms with Gasteiger partial charge >= 0.3 is 12.2 Å². The quantitative estimate of drug-likeness (QED) is 0.903. The molecule has 126 valence electrons. The SMILES string of the molecule is O=C1NCCCN1c1cccc(Nc2nccc(C(F)(F)F)n2)c1. The molecule has 2 heterocycles. The van der Waals surface area contributed by atoms with E-state index in [9.17, 15) is 18.0 Å². The second-order valence-corrected chi connectivity index (χ2v) is 5.18. The molecule has 1 fully saturated rings. The molecule has 1 saturated heterocycles. The van der Waals surface area contributed by atoms with Crippen LogP contribution in [0.2, 0.25) is 0 Å². The summed E-state index contributed by atoms with van der Waals surface area (Å²) in [6.45, 7) is 1.21. The van der Waals surface area contributed by atoms with Gasteiger partial charge in [0.1, 0.15) is 5.69 Å². The van der Waals surface area contributed by atoms with E-state index in [1.807, 2.05) is 0 Å². The molecule has 1 aromatic heterocycles. The Bertz CT molecular complexity index is 750. The van der Waals surface area contributed by atoms with Gasteiger partial charge < -0.3 is 10.6 Å². The third kappa shape index (κ3) is 3.55. The van der Waals surface area contributed by atoms with Gasteiger partial charge in [-0.3, -0.25) is 4.90 Å². The number of anilines is 3. The molecule has 0 spiro atoms. The van der Waals surface area contributed by atoms with Crippen LogP contribution in [-0.4, -0.2) is 29.1 Å². The largest absolute Gasteiger partial charge is 0.433 e. The lowest BCUT2D eigenvalue weighted by Gasteiger charge is -2.27. The van der Waals surface area contributed by atoms with Crippen molar-refractivity contribution in [2.75, 3.05) is 23.3 Å². The number of benzene rings is 1. The number of hydrogen-bond donors (Lipinski definition) is 2. The van der Waals surface area contributed by atoms with E-state index in [4.69, 9.17) is 0 Å². The summed E-state index contributed by atoms with van der Waals surface area (Å²) in [5, 5.41) is 5.47. The van der Waals surface area contributed by atoms with E-state index in [-0.39, 0.29) is 12.0 Å². The second kappa shape index (κ2) is 6.34. The topological polar surface area (TPSA) is 70.2 Å². The maximum Gasteiger partial charge on any atom is 0.433 e. The van der Waals surface area contributed by atoms with Gasteiger partial charge in [-0.25, -0.2) is 14.8 Å². The molecule has 0 aliphatic carbocycles. The highest BCUT2D eigenvalue weighted by atomic mass is 19.4. The van der Waals surface area contributed by atoms with Gasteiger partial charge in [0.25, 0.3) is 0 Å². The van der Waals surface area contributed by atoms with Crippen molar-refractivity contribution in [2.45, 2.75) is 12.6 Å². The molecule has 2 N–H and O–H groups in total. The van der Waals surface area contributed by atoms with Crippen LogP contribution in [-0.2, 0) is 6.18 Å². The fraction of sp³-hybridized carbons (Fsp3) is 0.267. The van der Waals surface area contributed by atoms with Crippen molar-refractivity contribution in [2.24, 2.45) is 0 Å². The average molecular weight is 337 g/mol. The van der Waals surface area contributed by atoms with Gasteiger partial charge in [0.05, 0.1) is 0 Å². The molecular formula is C15H14F3N5O. The first-order valence-electron chi connectivity index (χ1n) is 7.26. The van der Waals surface area contributed by atoms with Gasteiger partial charge in [-0.05, 0) is 30.7 Å². The minimum atomic E-state index is -4.53. The van der Waals surface area contributed by atoms with Gasteiger partial charge in [-0.2, -0.15) is 13.2 Å². The average Bonchev–Trinajstić information content (AvgIpc) is 2.55. The molecule has 2 amide bonds. The normalized spacial score (nSPS) is 15.1. The number of rotatable bonds is 3. The van der Waals surface area contributed by atoms with E-state index in [0.29, 0.717) is 24.5 Å². The molecule has 3 rings (SSSR count). The standard InChI is InChI=1S/C15H14F3N5O/c16-15(17,18)12-5-7-19-13(22-12)21-10-3-1-4-11(9-10)23-8-2-6-20-14(23)24/h1,3-5,7,9H,2,6,8H2,(H,20,24)(H,19,21,22). The Morgan fingerprint density at radius 1 is 1.25 bits per heavy atom. The molecule has 0 atom stereocenters. The summed E-state index contributed by atoms with van der Waals surface area (Å²) in [7, 11) is 0. The number of halogens is 3. The first-order chi connectivity index (χ1) is 11.4. The highest BCUT2D eigenvalue weighted by Crippen LogP contribution is 2.28. The number of amides is 2. The zero-order valence-electron chi connectivity index (χ0n) is 12.5. The van der Waals surface area contributed by atoms with Crippen LogP contribution in [0.25, 0.3) is 0 Å². The molecule has 1 aliphatic heterocycles. The van der Waals surface area contributed by atoms with Crippen LogP contribution in [0.5, 0.6) is 0 Å². The molecular weight excluding hydrogens is 323 g/mol. The molecule has 0 saturated carbocycles. The van der Waals surface area contributed by atoms with Gasteiger partial charge in [-0.1, -0.05) is 6.07 Å². The Hall–Kier alpha value is -2.84. The van der Waals surface area contributed by atoms with Gasteiger partial charge in [-0.15, -0.1) is 0 Å². The maximum atomic E-state index is 12.7. The monoisotopic (exact) mass is 337 g/mol. The van der Waals surface area contributed by atoms with Crippen molar-refractivity contribution in [3.63, 3.8) is 0 Å². The predicted octanol–water partition coefficient (Wildman–Crippen LogP) is 3.16. The van der Waals surface area contributed by atoms with Gasteiger partial charge in [0.15, 0.2) is 0 Å². The Balaban J connectivity index is 1.81. The lowest BCUT2D eigenvalue weighted by Crippen LogP contribution is -2.46. The lowest BCUT2D eigenvalue weighted by atomic mass is 10.2. The van der Waals surface area contributed by atoms with Crippen LogP contribution in [0.1, 0.15) is 12.1 Å². The van der Waals surface area contributed by atoms with Gasteiger partial charge in [0, 0.05) is 30.7 Å². The fourth-order valence-corrected chi connectivity index (χ4v) is 2.33. The molecule has 0 unspecified atom stereocenters. The van der Waals surface area contributed by atoms with E-state index in [2.05, 4.69) is 20.6 Å². The first kappa shape index (κ1) is 16.0. The number of urea groups is 1. The highest BCUT2D eigenvalue weighted by molar-refractivity contribution is 5.93. The summed E-state index contributed by atoms with van der Waals surface area (Å²) in [5.41, 5.74) is 0.112. The Labute approximate surface area is 135 Å². The number of nitrogens with one attached hydrogen (secondary N) is 2.